The van der Waals surface area contributed by atoms with Crippen LogP contribution < -0.4 is 29.6 Å². The molecule has 0 saturated heterocycles. The molecule has 0 aliphatic carbocycles. The van der Waals surface area contributed by atoms with Gasteiger partial charge >= 0.3 is 29.6 Å². The van der Waals surface area contributed by atoms with Gasteiger partial charge < -0.3 is 1.43 Å². The van der Waals surface area contributed by atoms with Crippen LogP contribution in [0.1, 0.15) is 1.43 Å². The molecule has 0 aromatic carbocycles. The molecule has 0 fully saturated rings. The van der Waals surface area contributed by atoms with Gasteiger partial charge in [-0.15, -0.1) is 0 Å². The molecule has 0 aliphatic rings. The summed E-state index contributed by atoms with van der Waals surface area (Å²) in [6, 6.07) is 0. The van der Waals surface area contributed by atoms with Crippen LogP contribution in [-0.4, -0.2) is 0 Å². The average molecular weight is 197 g/mol. The van der Waals surface area contributed by atoms with Crippen LogP contribution in [0.3, 0.4) is 0 Å². The number of hydrogen-bond acceptors (Lipinski definition) is 0. The Morgan fingerprint density at radius 1 is 1.25 bits per heavy atom. The van der Waals surface area contributed by atoms with Crippen LogP contribution in [0.2, 0.25) is 0 Å². The third-order valence-electron chi connectivity index (χ3n) is 0. The van der Waals surface area contributed by atoms with E-state index in [4.69, 9.17) is 0 Å². The molecule has 0 rings (SSSR count). The van der Waals surface area contributed by atoms with Crippen molar-refractivity contribution < 1.29 is 81.3 Å². The van der Waals surface area contributed by atoms with E-state index in [2.05, 4.69) is 0 Å². The molecule has 2 radical (unpaired) electrons. The van der Waals surface area contributed by atoms with Crippen LogP contribution in [0, 0.1) is 0 Å². The molecule has 0 nitrogen and oxygen atoms in total. The van der Waals surface area contributed by atoms with E-state index in [-0.39, 0.29) is 81.3 Å². The third kappa shape index (κ3) is 8.82. The van der Waals surface area contributed by atoms with Gasteiger partial charge in [0.15, 0.2) is 0 Å². The van der Waals surface area contributed by atoms with Crippen molar-refractivity contribution in [3.63, 3.8) is 0 Å². The fraction of sp³-hybridized carbons (Fsp3) is 0. The molecule has 0 amide bonds. The summed E-state index contributed by atoms with van der Waals surface area (Å²) in [6.45, 7) is 0. The van der Waals surface area contributed by atoms with Gasteiger partial charge in [0.25, 0.3) is 0 Å². The van der Waals surface area contributed by atoms with Gasteiger partial charge in [-0.05, 0) is 0 Å². The minimum absolute atomic E-state index is 0. The Kier molecular flexibility index (Phi) is 139. The maximum atomic E-state index is 0. The van der Waals surface area contributed by atoms with Gasteiger partial charge in [0.2, 0.25) is 0 Å². The van der Waals surface area contributed by atoms with Crippen LogP contribution in [0.4, 0.5) is 0 Å². The summed E-state index contributed by atoms with van der Waals surface area (Å²) in [4.78, 5) is 0. The van der Waals surface area contributed by atoms with E-state index in [9.17, 15) is 0 Å². The summed E-state index contributed by atoms with van der Waals surface area (Å²) >= 11 is 0. The molecule has 0 N–H and O–H groups in total. The van der Waals surface area contributed by atoms with E-state index in [0.29, 0.717) is 0 Å². The van der Waals surface area contributed by atoms with Crippen molar-refractivity contribution in [3.05, 3.63) is 0 Å². The summed E-state index contributed by atoms with van der Waals surface area (Å²) in [5, 5.41) is 0. The van der Waals surface area contributed by atoms with Crippen molar-refractivity contribution in [1.29, 1.82) is 0 Å². The summed E-state index contributed by atoms with van der Waals surface area (Å²) in [5.74, 6) is 0. The molecule has 0 heterocycles. The Morgan fingerprint density at radius 2 is 1.25 bits per heavy atom. The Labute approximate surface area is 80.2 Å². The standard InChI is InChI=1S/Co.Mn.Na.Ni.H/q;;+1;;-1. The molecular weight excluding hydrogens is 196 g/mol. The van der Waals surface area contributed by atoms with E-state index >= 15 is 0 Å². The molecule has 4 heteroatoms. The monoisotopic (exact) mass is 196 g/mol. The molecule has 0 saturated carbocycles. The van der Waals surface area contributed by atoms with Gasteiger partial charge in [-0.2, -0.15) is 0 Å². The largest absolute Gasteiger partial charge is 1.00 e. The molecular formula is HCoMnNaNi. The third-order valence-corrected chi connectivity index (χ3v) is 0. The number of hydrogen-bond donors (Lipinski definition) is 0. The Morgan fingerprint density at radius 3 is 1.25 bits per heavy atom. The molecule has 0 bridgehead atoms. The molecule has 0 aromatic rings. The van der Waals surface area contributed by atoms with E-state index in [0.717, 1.165) is 0 Å². The molecule has 28 valence electrons. The molecule has 0 aromatic heterocycles. The first-order valence-electron chi connectivity index (χ1n) is 0. The minimum atomic E-state index is 0. The second kappa shape index (κ2) is 17.8. The van der Waals surface area contributed by atoms with Gasteiger partial charge in [-0.3, -0.25) is 0 Å². The fourth-order valence-electron chi connectivity index (χ4n) is 0. The molecule has 0 aliphatic heterocycles. The summed E-state index contributed by atoms with van der Waals surface area (Å²) < 4.78 is 0. The zero-order chi connectivity index (χ0) is 0. The second-order valence-electron chi connectivity index (χ2n) is 0. The topological polar surface area (TPSA) is 0 Å². The van der Waals surface area contributed by atoms with Crippen molar-refractivity contribution in [2.24, 2.45) is 0 Å². The minimum Gasteiger partial charge on any atom is -1.00 e. The zero-order valence-corrected chi connectivity index (χ0v) is 7.24. The van der Waals surface area contributed by atoms with Gasteiger partial charge in [-0.1, -0.05) is 0 Å². The van der Waals surface area contributed by atoms with Crippen molar-refractivity contribution in [3.8, 4) is 0 Å². The van der Waals surface area contributed by atoms with Gasteiger partial charge in [-0.25, -0.2) is 0 Å². The molecule has 4 heavy (non-hydrogen) atoms. The quantitative estimate of drug-likeness (QED) is 0.365. The number of rotatable bonds is 0. The van der Waals surface area contributed by atoms with Crippen LogP contribution in [0.5, 0.6) is 0 Å². The smallest absolute Gasteiger partial charge is 1.00 e. The van der Waals surface area contributed by atoms with Crippen molar-refractivity contribution in [1.82, 2.24) is 0 Å². The van der Waals surface area contributed by atoms with E-state index in [1.807, 2.05) is 0 Å². The summed E-state index contributed by atoms with van der Waals surface area (Å²) in [5.41, 5.74) is 0. The van der Waals surface area contributed by atoms with Gasteiger partial charge in [0.05, 0.1) is 0 Å². The van der Waals surface area contributed by atoms with Crippen molar-refractivity contribution >= 4 is 0 Å². The maximum absolute atomic E-state index is 0. The Balaban J connectivity index is 0. The molecule has 0 spiro atoms. The van der Waals surface area contributed by atoms with Crippen LogP contribution >= 0.6 is 0 Å². The predicted octanol–water partition coefficient (Wildman–Crippen LogP) is -2.89. The van der Waals surface area contributed by atoms with Crippen molar-refractivity contribution in [2.75, 3.05) is 0 Å². The van der Waals surface area contributed by atoms with E-state index < -0.39 is 0 Å². The van der Waals surface area contributed by atoms with Gasteiger partial charge in [0.1, 0.15) is 0 Å². The summed E-state index contributed by atoms with van der Waals surface area (Å²) in [6.07, 6.45) is 0. The summed E-state index contributed by atoms with van der Waals surface area (Å²) in [7, 11) is 0. The van der Waals surface area contributed by atoms with E-state index in [1.165, 1.54) is 0 Å². The Bertz CT molecular complexity index is 11.6. The fourth-order valence-corrected chi connectivity index (χ4v) is 0. The van der Waals surface area contributed by atoms with Gasteiger partial charge in [0, 0.05) is 50.3 Å². The zero-order valence-electron chi connectivity index (χ0n) is 3.03. The first-order chi connectivity index (χ1) is 0. The predicted molar refractivity (Wildman–Crippen MR) is 1.11 cm³/mol. The van der Waals surface area contributed by atoms with E-state index in [1.54, 1.807) is 0 Å². The van der Waals surface area contributed by atoms with Crippen LogP contribution in [-0.2, 0) is 50.3 Å². The van der Waals surface area contributed by atoms with Crippen LogP contribution in [0.25, 0.3) is 0 Å². The normalized spacial score (nSPS) is 0. The molecule has 0 atom stereocenters. The average Bonchev–Trinajstić information content (AvgIpc) is 0. The molecule has 0 unspecified atom stereocenters. The van der Waals surface area contributed by atoms with Crippen LogP contribution in [0.15, 0.2) is 0 Å². The Hall–Kier alpha value is 2.52. The maximum Gasteiger partial charge on any atom is 1.00 e. The second-order valence-corrected chi connectivity index (χ2v) is 0. The SMILES string of the molecule is [Co].[H-].[Mn].[Na+].[Ni]. The first kappa shape index (κ1) is 31.3. The van der Waals surface area contributed by atoms with Crippen molar-refractivity contribution in [2.45, 2.75) is 0 Å². The first-order valence-corrected chi connectivity index (χ1v) is 0.